The van der Waals surface area contributed by atoms with Gasteiger partial charge in [-0.25, -0.2) is 19.9 Å². The van der Waals surface area contributed by atoms with Crippen molar-refractivity contribution in [1.82, 2.24) is 19.9 Å². The molecule has 3 heterocycles. The highest BCUT2D eigenvalue weighted by molar-refractivity contribution is 9.10. The first-order chi connectivity index (χ1) is 13.1. The molecule has 8 heteroatoms. The molecule has 0 atom stereocenters. The molecule has 1 aliphatic heterocycles. The Hall–Kier alpha value is -1.83. The molecule has 2 aromatic heterocycles. The Morgan fingerprint density at radius 1 is 0.815 bits per heavy atom. The summed E-state index contributed by atoms with van der Waals surface area (Å²) < 4.78 is 2.08. The summed E-state index contributed by atoms with van der Waals surface area (Å²) >= 11 is 12.4. The molecule has 1 fully saturated rings. The predicted octanol–water partition coefficient (Wildman–Crippen LogP) is 5.65. The SMILES string of the molecule is Brc1ccc2nc(N3CCC3)ncc2c1.Clc1ncc2cc(Br)ccc2n1. The van der Waals surface area contributed by atoms with Gasteiger partial charge in [0, 0.05) is 45.2 Å². The lowest BCUT2D eigenvalue weighted by molar-refractivity contribution is 0.601. The lowest BCUT2D eigenvalue weighted by Gasteiger charge is -2.30. The van der Waals surface area contributed by atoms with Gasteiger partial charge in [-0.05, 0) is 54.4 Å². The minimum Gasteiger partial charge on any atom is -0.341 e. The standard InChI is InChI=1S/C11H10BrN3.C8H4BrClN2/c12-9-2-3-10-8(6-9)7-13-11(14-10)15-4-1-5-15;9-6-1-2-7-5(3-6)4-11-8(10)12-7/h2-3,6-7H,1,4-5H2;1-4H. The number of hydrogen-bond donors (Lipinski definition) is 0. The molecule has 2 aromatic carbocycles. The van der Waals surface area contributed by atoms with Crippen LogP contribution in [0.3, 0.4) is 0 Å². The van der Waals surface area contributed by atoms with Crippen molar-refractivity contribution >= 4 is 71.2 Å². The predicted molar refractivity (Wildman–Crippen MR) is 116 cm³/mol. The van der Waals surface area contributed by atoms with Gasteiger partial charge in [-0.2, -0.15) is 0 Å². The van der Waals surface area contributed by atoms with E-state index in [9.17, 15) is 0 Å². The average Bonchev–Trinajstić information content (AvgIpc) is 2.61. The second kappa shape index (κ2) is 8.04. The van der Waals surface area contributed by atoms with Crippen molar-refractivity contribution in [3.63, 3.8) is 0 Å². The average molecular weight is 508 g/mol. The van der Waals surface area contributed by atoms with Gasteiger partial charge in [0.15, 0.2) is 0 Å². The maximum Gasteiger partial charge on any atom is 0.225 e. The number of benzene rings is 2. The largest absolute Gasteiger partial charge is 0.341 e. The number of anilines is 1. The highest BCUT2D eigenvalue weighted by atomic mass is 79.9. The van der Waals surface area contributed by atoms with Crippen LogP contribution in [0.15, 0.2) is 57.7 Å². The monoisotopic (exact) mass is 505 g/mol. The van der Waals surface area contributed by atoms with Crippen LogP contribution in [0, 0.1) is 0 Å². The number of nitrogens with zero attached hydrogens (tertiary/aromatic N) is 5. The number of aromatic nitrogens is 4. The Morgan fingerprint density at radius 2 is 1.41 bits per heavy atom. The lowest BCUT2D eigenvalue weighted by atomic mass is 10.2. The molecule has 27 heavy (non-hydrogen) atoms. The van der Waals surface area contributed by atoms with Gasteiger partial charge in [-0.3, -0.25) is 0 Å². The molecular weight excluding hydrogens is 494 g/mol. The fourth-order valence-electron chi connectivity index (χ4n) is 2.64. The summed E-state index contributed by atoms with van der Waals surface area (Å²) in [5.41, 5.74) is 1.87. The fraction of sp³-hybridized carbons (Fsp3) is 0.158. The van der Waals surface area contributed by atoms with Crippen molar-refractivity contribution in [2.45, 2.75) is 6.42 Å². The van der Waals surface area contributed by atoms with Crippen molar-refractivity contribution in [3.8, 4) is 0 Å². The van der Waals surface area contributed by atoms with Gasteiger partial charge >= 0.3 is 0 Å². The van der Waals surface area contributed by atoms with Crippen LogP contribution in [-0.4, -0.2) is 33.0 Å². The quantitative estimate of drug-likeness (QED) is 0.312. The molecule has 0 radical (unpaired) electrons. The summed E-state index contributed by atoms with van der Waals surface area (Å²) in [4.78, 5) is 19.0. The van der Waals surface area contributed by atoms with Crippen LogP contribution in [0.4, 0.5) is 5.95 Å². The van der Waals surface area contributed by atoms with E-state index in [4.69, 9.17) is 11.6 Å². The molecule has 0 unspecified atom stereocenters. The van der Waals surface area contributed by atoms with E-state index < -0.39 is 0 Å². The second-order valence-electron chi connectivity index (χ2n) is 6.06. The summed E-state index contributed by atoms with van der Waals surface area (Å²) in [6.45, 7) is 2.17. The van der Waals surface area contributed by atoms with Gasteiger partial charge in [0.25, 0.3) is 0 Å². The van der Waals surface area contributed by atoms with Crippen molar-refractivity contribution in [2.24, 2.45) is 0 Å². The van der Waals surface area contributed by atoms with E-state index in [1.54, 1.807) is 6.20 Å². The first kappa shape index (κ1) is 18.5. The Morgan fingerprint density at radius 3 is 2.00 bits per heavy atom. The third-order valence-electron chi connectivity index (χ3n) is 4.18. The third kappa shape index (κ3) is 4.36. The maximum atomic E-state index is 5.62. The van der Waals surface area contributed by atoms with E-state index in [1.165, 1.54) is 6.42 Å². The zero-order valence-corrected chi connectivity index (χ0v) is 18.0. The molecule has 1 saturated heterocycles. The van der Waals surface area contributed by atoms with Crippen LogP contribution in [0.25, 0.3) is 21.8 Å². The summed E-state index contributed by atoms with van der Waals surface area (Å²) in [5.74, 6) is 0.857. The zero-order chi connectivity index (χ0) is 18.8. The summed E-state index contributed by atoms with van der Waals surface area (Å²) in [7, 11) is 0. The summed E-state index contributed by atoms with van der Waals surface area (Å²) in [5, 5.41) is 2.34. The third-order valence-corrected chi connectivity index (χ3v) is 5.35. The molecule has 4 aromatic rings. The molecule has 0 aliphatic carbocycles. The minimum absolute atomic E-state index is 0.282. The molecule has 1 aliphatic rings. The second-order valence-corrected chi connectivity index (χ2v) is 8.23. The van der Waals surface area contributed by atoms with Gasteiger partial charge < -0.3 is 4.90 Å². The highest BCUT2D eigenvalue weighted by Gasteiger charge is 2.16. The van der Waals surface area contributed by atoms with Crippen molar-refractivity contribution in [2.75, 3.05) is 18.0 Å². The first-order valence-electron chi connectivity index (χ1n) is 8.33. The molecule has 0 spiro atoms. The van der Waals surface area contributed by atoms with Crippen LogP contribution in [-0.2, 0) is 0 Å². The van der Waals surface area contributed by atoms with Crippen molar-refractivity contribution < 1.29 is 0 Å². The smallest absolute Gasteiger partial charge is 0.225 e. The molecule has 5 rings (SSSR count). The van der Waals surface area contributed by atoms with E-state index >= 15 is 0 Å². The van der Waals surface area contributed by atoms with Crippen LogP contribution in [0.1, 0.15) is 6.42 Å². The normalized spacial score (nSPS) is 13.2. The highest BCUT2D eigenvalue weighted by Crippen LogP contribution is 2.22. The molecule has 0 saturated carbocycles. The van der Waals surface area contributed by atoms with Gasteiger partial charge in [0.1, 0.15) is 0 Å². The van der Waals surface area contributed by atoms with Crippen molar-refractivity contribution in [3.05, 3.63) is 63.0 Å². The molecule has 0 bridgehead atoms. The van der Waals surface area contributed by atoms with Gasteiger partial charge in [0.05, 0.1) is 11.0 Å². The maximum absolute atomic E-state index is 5.62. The number of fused-ring (bicyclic) bond motifs is 2. The minimum atomic E-state index is 0.282. The first-order valence-corrected chi connectivity index (χ1v) is 10.3. The molecule has 0 amide bonds. The van der Waals surface area contributed by atoms with E-state index in [0.717, 1.165) is 49.8 Å². The van der Waals surface area contributed by atoms with Gasteiger partial charge in [0.2, 0.25) is 11.2 Å². The van der Waals surface area contributed by atoms with Crippen LogP contribution in [0.5, 0.6) is 0 Å². The topological polar surface area (TPSA) is 54.8 Å². The number of rotatable bonds is 1. The fourth-order valence-corrected chi connectivity index (χ4v) is 3.54. The van der Waals surface area contributed by atoms with Crippen LogP contribution >= 0.6 is 43.5 Å². The Kier molecular flexibility index (Phi) is 5.52. The zero-order valence-electron chi connectivity index (χ0n) is 14.1. The Balaban J connectivity index is 0.000000137. The number of hydrogen-bond acceptors (Lipinski definition) is 5. The van der Waals surface area contributed by atoms with E-state index in [1.807, 2.05) is 42.6 Å². The van der Waals surface area contributed by atoms with E-state index in [0.29, 0.717) is 0 Å². The number of halogens is 3. The molecule has 0 N–H and O–H groups in total. The Labute approximate surface area is 178 Å². The summed E-state index contributed by atoms with van der Waals surface area (Å²) in [6, 6.07) is 11.8. The van der Waals surface area contributed by atoms with Gasteiger partial charge in [-0.1, -0.05) is 31.9 Å². The van der Waals surface area contributed by atoms with Crippen LogP contribution in [0.2, 0.25) is 5.28 Å². The van der Waals surface area contributed by atoms with Gasteiger partial charge in [-0.15, -0.1) is 0 Å². The Bertz CT molecular complexity index is 1080. The molecule has 136 valence electrons. The molecule has 5 nitrogen and oxygen atoms in total. The van der Waals surface area contributed by atoms with E-state index in [-0.39, 0.29) is 5.28 Å². The summed E-state index contributed by atoms with van der Waals surface area (Å²) in [6.07, 6.45) is 4.85. The van der Waals surface area contributed by atoms with Crippen LogP contribution < -0.4 is 4.90 Å². The lowest BCUT2D eigenvalue weighted by Crippen LogP contribution is -2.38. The van der Waals surface area contributed by atoms with E-state index in [2.05, 4.69) is 56.7 Å². The van der Waals surface area contributed by atoms with Crippen molar-refractivity contribution in [1.29, 1.82) is 0 Å². The molecular formula is C19H14Br2ClN5.